The number of carbonyl (C=O) groups excluding carboxylic acids is 1. The van der Waals surface area contributed by atoms with Gasteiger partial charge in [-0.15, -0.1) is 0 Å². The van der Waals surface area contributed by atoms with Gasteiger partial charge in [-0.05, 0) is 43.3 Å². The Bertz CT molecular complexity index is 799. The van der Waals surface area contributed by atoms with E-state index in [4.69, 9.17) is 32.7 Å². The zero-order valence-electron chi connectivity index (χ0n) is 15.9. The third-order valence-electron chi connectivity index (χ3n) is 4.41. The lowest BCUT2D eigenvalue weighted by Crippen LogP contribution is -2.42. The summed E-state index contributed by atoms with van der Waals surface area (Å²) >= 11 is 12.3. The van der Waals surface area contributed by atoms with Crippen LogP contribution in [0.1, 0.15) is 18.1 Å². The van der Waals surface area contributed by atoms with Crippen LogP contribution in [0.3, 0.4) is 0 Å². The molecule has 0 aliphatic carbocycles. The van der Waals surface area contributed by atoms with Crippen molar-refractivity contribution >= 4 is 29.1 Å². The molecule has 1 N–H and O–H groups in total. The number of carbonyl (C=O) groups is 1. The molecule has 0 aromatic heterocycles. The minimum Gasteiger partial charge on any atom is -0.493 e. The summed E-state index contributed by atoms with van der Waals surface area (Å²) in [5.74, 6) is 1.20. The number of hydrogen-bond acceptors (Lipinski definition) is 4. The molecule has 146 valence electrons. The Morgan fingerprint density at radius 1 is 1.15 bits per heavy atom. The first-order chi connectivity index (χ1) is 12.9. The van der Waals surface area contributed by atoms with Crippen LogP contribution < -0.4 is 14.8 Å². The molecular weight excluding hydrogens is 387 g/mol. The van der Waals surface area contributed by atoms with Crippen molar-refractivity contribution in [3.05, 3.63) is 57.6 Å². The Morgan fingerprint density at radius 2 is 1.85 bits per heavy atom. The monoisotopic (exact) mass is 410 g/mol. The number of methoxy groups -OCH3 is 2. The molecule has 5 nitrogen and oxygen atoms in total. The van der Waals surface area contributed by atoms with E-state index < -0.39 is 0 Å². The molecule has 2 aromatic rings. The molecular formula is C20H24Cl2N2O3. The minimum atomic E-state index is -0.333. The lowest BCUT2D eigenvalue weighted by atomic mass is 10.1. The first kappa shape index (κ1) is 21.4. The Kier molecular flexibility index (Phi) is 7.78. The average Bonchev–Trinajstić information content (AvgIpc) is 2.68. The molecule has 0 spiro atoms. The smallest absolute Gasteiger partial charge is 0.237 e. The van der Waals surface area contributed by atoms with Crippen LogP contribution in [0, 0.1) is 0 Å². The molecule has 0 heterocycles. The summed E-state index contributed by atoms with van der Waals surface area (Å²) in [4.78, 5) is 14.4. The maximum atomic E-state index is 12.5. The molecule has 0 aliphatic rings. The van der Waals surface area contributed by atoms with Gasteiger partial charge in [-0.1, -0.05) is 41.4 Å². The Labute approximate surface area is 170 Å². The van der Waals surface area contributed by atoms with E-state index in [-0.39, 0.29) is 11.9 Å². The van der Waals surface area contributed by atoms with Gasteiger partial charge < -0.3 is 14.8 Å². The molecule has 0 saturated heterocycles. The first-order valence-corrected chi connectivity index (χ1v) is 9.24. The van der Waals surface area contributed by atoms with Gasteiger partial charge in [0, 0.05) is 13.1 Å². The number of rotatable bonds is 8. The van der Waals surface area contributed by atoms with Crippen molar-refractivity contribution in [2.75, 3.05) is 21.3 Å². The zero-order chi connectivity index (χ0) is 20.0. The molecule has 2 rings (SSSR count). The molecule has 0 bridgehead atoms. The molecule has 1 atom stereocenters. The average molecular weight is 411 g/mol. The molecule has 1 amide bonds. The summed E-state index contributed by atoms with van der Waals surface area (Å²) in [5.41, 5.74) is 1.81. The molecule has 27 heavy (non-hydrogen) atoms. The number of benzene rings is 2. The van der Waals surface area contributed by atoms with Crippen LogP contribution in [0.15, 0.2) is 36.4 Å². The van der Waals surface area contributed by atoms with Gasteiger partial charge in [0.15, 0.2) is 11.5 Å². The highest BCUT2D eigenvalue weighted by atomic mass is 35.5. The number of likely N-dealkylation sites (N-methyl/N-ethyl adjacent to an activating group) is 1. The van der Waals surface area contributed by atoms with Crippen molar-refractivity contribution < 1.29 is 14.3 Å². The molecule has 0 aliphatic heterocycles. The molecule has 1 unspecified atom stereocenters. The predicted molar refractivity (Wildman–Crippen MR) is 109 cm³/mol. The van der Waals surface area contributed by atoms with Crippen LogP contribution in [0.25, 0.3) is 0 Å². The Hall–Kier alpha value is -1.95. The van der Waals surface area contributed by atoms with Gasteiger partial charge in [0.1, 0.15) is 0 Å². The predicted octanol–water partition coefficient (Wildman–Crippen LogP) is 4.15. The highest BCUT2D eigenvalue weighted by Crippen LogP contribution is 2.28. The maximum Gasteiger partial charge on any atom is 0.237 e. The number of hydrogen-bond donors (Lipinski definition) is 1. The Balaban J connectivity index is 1.96. The SMILES string of the molecule is COc1ccc(CNC(=O)C(C)N(C)Cc2cccc(Cl)c2Cl)cc1OC. The van der Waals surface area contributed by atoms with Crippen molar-refractivity contribution in [1.82, 2.24) is 10.2 Å². The van der Waals surface area contributed by atoms with Crippen LogP contribution in [-0.4, -0.2) is 38.1 Å². The minimum absolute atomic E-state index is 0.0783. The van der Waals surface area contributed by atoms with Crippen molar-refractivity contribution in [3.8, 4) is 11.5 Å². The van der Waals surface area contributed by atoms with Crippen molar-refractivity contribution in [3.63, 3.8) is 0 Å². The lowest BCUT2D eigenvalue weighted by molar-refractivity contribution is -0.125. The summed E-state index contributed by atoms with van der Waals surface area (Å²) in [7, 11) is 5.04. The van der Waals surface area contributed by atoms with Crippen LogP contribution in [0.4, 0.5) is 0 Å². The van der Waals surface area contributed by atoms with E-state index in [2.05, 4.69) is 5.32 Å². The van der Waals surface area contributed by atoms with E-state index in [0.717, 1.165) is 11.1 Å². The number of nitrogens with one attached hydrogen (secondary N) is 1. The van der Waals surface area contributed by atoms with Gasteiger partial charge in [-0.2, -0.15) is 0 Å². The van der Waals surface area contributed by atoms with Gasteiger partial charge in [-0.25, -0.2) is 0 Å². The number of ether oxygens (including phenoxy) is 2. The van der Waals surface area contributed by atoms with E-state index in [1.54, 1.807) is 20.3 Å². The van der Waals surface area contributed by atoms with Crippen LogP contribution >= 0.6 is 23.2 Å². The standard InChI is InChI=1S/C20H24Cl2N2O3/c1-13(24(2)12-15-6-5-7-16(21)19(15)22)20(25)23-11-14-8-9-17(26-3)18(10-14)27-4/h5-10,13H,11-12H2,1-4H3,(H,23,25). The molecule has 0 radical (unpaired) electrons. The van der Waals surface area contributed by atoms with E-state index in [1.807, 2.05) is 49.2 Å². The van der Waals surface area contributed by atoms with Gasteiger partial charge in [0.05, 0.1) is 30.3 Å². The van der Waals surface area contributed by atoms with E-state index in [9.17, 15) is 4.79 Å². The fourth-order valence-electron chi connectivity index (χ4n) is 2.60. The summed E-state index contributed by atoms with van der Waals surface area (Å²) in [6, 6.07) is 10.7. The largest absolute Gasteiger partial charge is 0.493 e. The van der Waals surface area contributed by atoms with Gasteiger partial charge in [-0.3, -0.25) is 9.69 Å². The molecule has 7 heteroatoms. The summed E-state index contributed by atoms with van der Waals surface area (Å²) in [6.45, 7) is 2.77. The quantitative estimate of drug-likeness (QED) is 0.709. The summed E-state index contributed by atoms with van der Waals surface area (Å²) in [6.07, 6.45) is 0. The fourth-order valence-corrected chi connectivity index (χ4v) is 2.98. The zero-order valence-corrected chi connectivity index (χ0v) is 17.4. The van der Waals surface area contributed by atoms with Gasteiger partial charge in [0.25, 0.3) is 0 Å². The second-order valence-electron chi connectivity index (χ2n) is 6.21. The Morgan fingerprint density at radius 3 is 2.52 bits per heavy atom. The van der Waals surface area contributed by atoms with Crippen LogP contribution in [-0.2, 0) is 17.9 Å². The van der Waals surface area contributed by atoms with E-state index in [1.165, 1.54) is 0 Å². The van der Waals surface area contributed by atoms with Crippen molar-refractivity contribution in [2.45, 2.75) is 26.1 Å². The first-order valence-electron chi connectivity index (χ1n) is 8.49. The maximum absolute atomic E-state index is 12.5. The van der Waals surface area contributed by atoms with Crippen molar-refractivity contribution in [2.24, 2.45) is 0 Å². The molecule has 0 saturated carbocycles. The summed E-state index contributed by atoms with van der Waals surface area (Å²) in [5, 5.41) is 3.97. The van der Waals surface area contributed by atoms with E-state index >= 15 is 0 Å². The second kappa shape index (κ2) is 9.83. The lowest BCUT2D eigenvalue weighted by Gasteiger charge is -2.24. The van der Waals surface area contributed by atoms with Gasteiger partial charge in [0.2, 0.25) is 5.91 Å². The van der Waals surface area contributed by atoms with Crippen LogP contribution in [0.5, 0.6) is 11.5 Å². The number of halogens is 2. The van der Waals surface area contributed by atoms with Crippen LogP contribution in [0.2, 0.25) is 10.0 Å². The summed E-state index contributed by atoms with van der Waals surface area (Å²) < 4.78 is 10.5. The number of amides is 1. The highest BCUT2D eigenvalue weighted by Gasteiger charge is 2.19. The third-order valence-corrected chi connectivity index (χ3v) is 5.26. The molecule has 0 fully saturated rings. The van der Waals surface area contributed by atoms with E-state index in [0.29, 0.717) is 34.6 Å². The third kappa shape index (κ3) is 5.51. The topological polar surface area (TPSA) is 50.8 Å². The highest BCUT2D eigenvalue weighted by molar-refractivity contribution is 6.42. The number of nitrogens with zero attached hydrogens (tertiary/aromatic N) is 1. The fraction of sp³-hybridized carbons (Fsp3) is 0.350. The second-order valence-corrected chi connectivity index (χ2v) is 7.00. The normalized spacial score (nSPS) is 12.0. The van der Waals surface area contributed by atoms with Crippen molar-refractivity contribution in [1.29, 1.82) is 0 Å². The molecule has 2 aromatic carbocycles. The van der Waals surface area contributed by atoms with Gasteiger partial charge >= 0.3 is 0 Å².